The maximum absolute atomic E-state index is 10.8. The summed E-state index contributed by atoms with van der Waals surface area (Å²) in [4.78, 5) is 10.8. The third kappa shape index (κ3) is 1.09. The number of carbonyl (C=O) groups excluding carboxylic acids is 1. The lowest BCUT2D eigenvalue weighted by atomic mass is 10.4. The molecule has 0 unspecified atom stereocenters. The highest BCUT2D eigenvalue weighted by Gasteiger charge is 2.19. The Morgan fingerprint density at radius 3 is 2.90 bits per heavy atom. The van der Waals surface area contributed by atoms with E-state index in [9.17, 15) is 4.79 Å². The summed E-state index contributed by atoms with van der Waals surface area (Å²) in [6.45, 7) is 5.59. The van der Waals surface area contributed by atoms with Gasteiger partial charge in [-0.1, -0.05) is 13.5 Å². The molecule has 0 bridgehead atoms. The normalized spacial score (nSPS) is 17.3. The van der Waals surface area contributed by atoms with E-state index >= 15 is 0 Å². The van der Waals surface area contributed by atoms with Crippen LogP contribution in [0.1, 0.15) is 13.3 Å². The summed E-state index contributed by atoms with van der Waals surface area (Å²) in [6, 6.07) is -0.230. The average molecular weight is 142 g/mol. The Morgan fingerprint density at radius 1 is 1.80 bits per heavy atom. The first-order valence-electron chi connectivity index (χ1n) is 3.04. The topological polar surface area (TPSA) is 56.4 Å². The Hall–Kier alpha value is -1.07. The lowest BCUT2D eigenvalue weighted by molar-refractivity contribution is 0.214. The summed E-state index contributed by atoms with van der Waals surface area (Å²) in [6.07, 6.45) is 0.738. The minimum absolute atomic E-state index is 0.230. The molecule has 0 aliphatic carbocycles. The van der Waals surface area contributed by atoms with Crippen LogP contribution in [0.5, 0.6) is 0 Å². The summed E-state index contributed by atoms with van der Waals surface area (Å²) in [7, 11) is 0. The zero-order valence-electron chi connectivity index (χ0n) is 5.77. The number of nitrogens with zero attached hydrogens (tertiary/aromatic N) is 1. The maximum Gasteiger partial charge on any atom is 0.352 e. The van der Waals surface area contributed by atoms with Gasteiger partial charge in [-0.3, -0.25) is 5.43 Å². The van der Waals surface area contributed by atoms with E-state index in [2.05, 4.69) is 23.1 Å². The van der Waals surface area contributed by atoms with Crippen molar-refractivity contribution in [1.82, 2.24) is 21.5 Å². The number of hydrogen-bond donors (Lipinski definition) is 3. The van der Waals surface area contributed by atoms with Crippen LogP contribution in [0.3, 0.4) is 0 Å². The SMILES string of the molecule is C=C(CC)N1NNNC1=O. The van der Waals surface area contributed by atoms with Crippen molar-refractivity contribution >= 4 is 6.03 Å². The largest absolute Gasteiger partial charge is 0.352 e. The maximum atomic E-state index is 10.8. The second-order valence-electron chi connectivity index (χ2n) is 1.92. The van der Waals surface area contributed by atoms with Crippen LogP contribution in [0.15, 0.2) is 12.3 Å². The molecule has 0 saturated carbocycles. The molecule has 1 aliphatic heterocycles. The highest BCUT2D eigenvalue weighted by Crippen LogP contribution is 2.03. The van der Waals surface area contributed by atoms with E-state index < -0.39 is 0 Å². The molecule has 10 heavy (non-hydrogen) atoms. The van der Waals surface area contributed by atoms with Gasteiger partial charge in [0.1, 0.15) is 0 Å². The molecular formula is C5H10N4O. The fraction of sp³-hybridized carbons (Fsp3) is 0.400. The van der Waals surface area contributed by atoms with Gasteiger partial charge in [0.15, 0.2) is 0 Å². The zero-order valence-corrected chi connectivity index (χ0v) is 5.77. The van der Waals surface area contributed by atoms with Gasteiger partial charge in [-0.25, -0.2) is 9.80 Å². The van der Waals surface area contributed by atoms with E-state index in [0.717, 1.165) is 12.1 Å². The van der Waals surface area contributed by atoms with Gasteiger partial charge < -0.3 is 0 Å². The van der Waals surface area contributed by atoms with Gasteiger partial charge in [0.2, 0.25) is 0 Å². The average Bonchev–Trinajstić information content (AvgIpc) is 2.34. The summed E-state index contributed by atoms with van der Waals surface area (Å²) in [5, 5.41) is 1.32. The lowest BCUT2D eigenvalue weighted by Crippen LogP contribution is -2.36. The predicted octanol–water partition coefficient (Wildman–Crippen LogP) is -0.140. The molecule has 0 spiro atoms. The Kier molecular flexibility index (Phi) is 1.88. The van der Waals surface area contributed by atoms with Crippen molar-refractivity contribution in [1.29, 1.82) is 0 Å². The van der Waals surface area contributed by atoms with Crippen molar-refractivity contribution < 1.29 is 4.79 Å². The lowest BCUT2D eigenvalue weighted by Gasteiger charge is -2.13. The van der Waals surface area contributed by atoms with E-state index in [4.69, 9.17) is 0 Å². The van der Waals surface area contributed by atoms with E-state index in [0.29, 0.717) is 0 Å². The number of urea groups is 1. The number of allylic oxidation sites excluding steroid dienone is 1. The number of nitrogens with one attached hydrogen (secondary N) is 3. The molecule has 0 atom stereocenters. The van der Waals surface area contributed by atoms with Crippen molar-refractivity contribution in [3.63, 3.8) is 0 Å². The standard InChI is InChI=1S/C5H10N4O/c1-3-4(2)9-5(10)6-7-8-9/h7-8H,2-3H2,1H3,(H,6,10). The van der Waals surface area contributed by atoms with Gasteiger partial charge in [-0.15, -0.1) is 11.1 Å². The van der Waals surface area contributed by atoms with Gasteiger partial charge in [-0.2, -0.15) is 0 Å². The van der Waals surface area contributed by atoms with Crippen LogP contribution in [-0.4, -0.2) is 11.0 Å². The first kappa shape index (κ1) is 7.04. The second-order valence-corrected chi connectivity index (χ2v) is 1.92. The van der Waals surface area contributed by atoms with Crippen molar-refractivity contribution in [2.45, 2.75) is 13.3 Å². The molecule has 2 amide bonds. The highest BCUT2D eigenvalue weighted by atomic mass is 16.2. The molecule has 0 aromatic carbocycles. The van der Waals surface area contributed by atoms with Crippen LogP contribution in [0.25, 0.3) is 0 Å². The Labute approximate surface area is 59.0 Å². The molecule has 1 saturated heterocycles. The molecule has 5 heteroatoms. The zero-order chi connectivity index (χ0) is 7.56. The van der Waals surface area contributed by atoms with Crippen LogP contribution in [0.4, 0.5) is 4.79 Å². The smallest absolute Gasteiger partial charge is 0.257 e. The third-order valence-corrected chi connectivity index (χ3v) is 1.26. The van der Waals surface area contributed by atoms with Crippen molar-refractivity contribution in [3.05, 3.63) is 12.3 Å². The second kappa shape index (κ2) is 2.68. The Bertz CT molecular complexity index is 167. The molecule has 1 aliphatic rings. The molecular weight excluding hydrogens is 132 g/mol. The molecule has 1 rings (SSSR count). The summed E-state index contributed by atoms with van der Waals surface area (Å²) < 4.78 is 0. The van der Waals surface area contributed by atoms with E-state index in [1.54, 1.807) is 0 Å². The van der Waals surface area contributed by atoms with Crippen LogP contribution >= 0.6 is 0 Å². The third-order valence-electron chi connectivity index (χ3n) is 1.26. The quantitative estimate of drug-likeness (QED) is 0.503. The fourth-order valence-corrected chi connectivity index (χ4v) is 0.625. The van der Waals surface area contributed by atoms with Crippen molar-refractivity contribution in [3.8, 4) is 0 Å². The highest BCUT2D eigenvalue weighted by molar-refractivity contribution is 5.76. The van der Waals surface area contributed by atoms with E-state index in [-0.39, 0.29) is 6.03 Å². The molecule has 1 heterocycles. The number of rotatable bonds is 2. The number of hydrazine groups is 3. The van der Waals surface area contributed by atoms with E-state index in [1.165, 1.54) is 5.01 Å². The van der Waals surface area contributed by atoms with Crippen LogP contribution < -0.4 is 16.5 Å². The van der Waals surface area contributed by atoms with Crippen molar-refractivity contribution in [2.75, 3.05) is 0 Å². The van der Waals surface area contributed by atoms with Crippen LogP contribution in [0, 0.1) is 0 Å². The van der Waals surface area contributed by atoms with Gasteiger partial charge in [0, 0.05) is 5.70 Å². The molecule has 5 nitrogen and oxygen atoms in total. The van der Waals surface area contributed by atoms with Gasteiger partial charge in [0.05, 0.1) is 0 Å². The van der Waals surface area contributed by atoms with Crippen LogP contribution in [0.2, 0.25) is 0 Å². The number of amides is 2. The van der Waals surface area contributed by atoms with Gasteiger partial charge >= 0.3 is 6.03 Å². The molecule has 3 N–H and O–H groups in total. The molecule has 0 aromatic rings. The number of hydrogen-bond acceptors (Lipinski definition) is 3. The predicted molar refractivity (Wildman–Crippen MR) is 36.1 cm³/mol. The number of carbonyl (C=O) groups is 1. The Balaban J connectivity index is 2.55. The van der Waals surface area contributed by atoms with Crippen LogP contribution in [-0.2, 0) is 0 Å². The first-order valence-corrected chi connectivity index (χ1v) is 3.04. The fourth-order valence-electron chi connectivity index (χ4n) is 0.625. The monoisotopic (exact) mass is 142 g/mol. The minimum atomic E-state index is -0.230. The Morgan fingerprint density at radius 2 is 2.50 bits per heavy atom. The summed E-state index contributed by atoms with van der Waals surface area (Å²) in [5.74, 6) is 0. The summed E-state index contributed by atoms with van der Waals surface area (Å²) in [5.41, 5.74) is 8.11. The molecule has 0 aromatic heterocycles. The first-order chi connectivity index (χ1) is 4.75. The molecule has 0 radical (unpaired) electrons. The van der Waals surface area contributed by atoms with E-state index in [1.807, 2.05) is 6.92 Å². The summed E-state index contributed by atoms with van der Waals surface area (Å²) >= 11 is 0. The minimum Gasteiger partial charge on any atom is -0.257 e. The van der Waals surface area contributed by atoms with Gasteiger partial charge in [-0.05, 0) is 6.42 Å². The molecule has 1 fully saturated rings. The molecule has 56 valence electrons. The van der Waals surface area contributed by atoms with Gasteiger partial charge in [0.25, 0.3) is 0 Å². The van der Waals surface area contributed by atoms with Crippen molar-refractivity contribution in [2.24, 2.45) is 0 Å².